The SMILES string of the molecule is COc1cc(N)cc(-c2ccoc2)c1. The van der Waals surface area contributed by atoms with Crippen LogP contribution in [0.1, 0.15) is 0 Å². The minimum absolute atomic E-state index is 0.681. The predicted octanol–water partition coefficient (Wildman–Crippen LogP) is 2.54. The zero-order valence-corrected chi connectivity index (χ0v) is 7.86. The monoisotopic (exact) mass is 189 g/mol. The first-order chi connectivity index (χ1) is 6.79. The summed E-state index contributed by atoms with van der Waals surface area (Å²) in [5.41, 5.74) is 8.40. The Morgan fingerprint density at radius 3 is 2.71 bits per heavy atom. The molecule has 1 heterocycles. The molecule has 2 rings (SSSR count). The molecule has 0 radical (unpaired) electrons. The van der Waals surface area contributed by atoms with Gasteiger partial charge in [-0.2, -0.15) is 0 Å². The second kappa shape index (κ2) is 3.46. The Kier molecular flexibility index (Phi) is 2.14. The van der Waals surface area contributed by atoms with Gasteiger partial charge in [0.15, 0.2) is 0 Å². The van der Waals surface area contributed by atoms with E-state index in [2.05, 4.69) is 0 Å². The highest BCUT2D eigenvalue weighted by molar-refractivity contribution is 5.68. The molecule has 0 aliphatic carbocycles. The third kappa shape index (κ3) is 1.57. The number of benzene rings is 1. The van der Waals surface area contributed by atoms with Crippen molar-refractivity contribution >= 4 is 5.69 Å². The van der Waals surface area contributed by atoms with Crippen LogP contribution in [0.3, 0.4) is 0 Å². The summed E-state index contributed by atoms with van der Waals surface area (Å²) in [4.78, 5) is 0. The first-order valence-corrected chi connectivity index (χ1v) is 4.27. The number of ether oxygens (including phenoxy) is 1. The molecule has 3 heteroatoms. The lowest BCUT2D eigenvalue weighted by Crippen LogP contribution is -1.89. The number of rotatable bonds is 2. The van der Waals surface area contributed by atoms with Gasteiger partial charge in [-0.1, -0.05) is 0 Å². The summed E-state index contributed by atoms with van der Waals surface area (Å²) in [6, 6.07) is 7.46. The highest BCUT2D eigenvalue weighted by Gasteiger charge is 2.02. The second-order valence-electron chi connectivity index (χ2n) is 3.01. The van der Waals surface area contributed by atoms with Crippen LogP contribution in [0, 0.1) is 0 Å². The van der Waals surface area contributed by atoms with E-state index < -0.39 is 0 Å². The summed E-state index contributed by atoms with van der Waals surface area (Å²) >= 11 is 0. The van der Waals surface area contributed by atoms with Gasteiger partial charge in [0.1, 0.15) is 5.75 Å². The molecule has 0 amide bonds. The summed E-state index contributed by atoms with van der Waals surface area (Å²) in [7, 11) is 1.62. The largest absolute Gasteiger partial charge is 0.497 e. The fraction of sp³-hybridized carbons (Fsp3) is 0.0909. The number of methoxy groups -OCH3 is 1. The first kappa shape index (κ1) is 8.69. The summed E-state index contributed by atoms with van der Waals surface area (Å²) in [5.74, 6) is 0.751. The van der Waals surface area contributed by atoms with Crippen LogP contribution in [-0.2, 0) is 0 Å². The van der Waals surface area contributed by atoms with E-state index >= 15 is 0 Å². The highest BCUT2D eigenvalue weighted by Crippen LogP contribution is 2.27. The standard InChI is InChI=1S/C11H11NO2/c1-13-11-5-9(4-10(12)6-11)8-2-3-14-7-8/h2-7H,12H2,1H3. The van der Waals surface area contributed by atoms with E-state index in [-0.39, 0.29) is 0 Å². The first-order valence-electron chi connectivity index (χ1n) is 4.27. The predicted molar refractivity (Wildman–Crippen MR) is 55.1 cm³/mol. The van der Waals surface area contributed by atoms with Crippen molar-refractivity contribution < 1.29 is 9.15 Å². The minimum Gasteiger partial charge on any atom is -0.497 e. The molecule has 0 unspecified atom stereocenters. The molecule has 0 fully saturated rings. The van der Waals surface area contributed by atoms with E-state index in [9.17, 15) is 0 Å². The van der Waals surface area contributed by atoms with Crippen LogP contribution >= 0.6 is 0 Å². The molecule has 1 aromatic carbocycles. The lowest BCUT2D eigenvalue weighted by atomic mass is 10.1. The molecule has 3 nitrogen and oxygen atoms in total. The second-order valence-corrected chi connectivity index (χ2v) is 3.01. The van der Waals surface area contributed by atoms with Crippen LogP contribution in [0.5, 0.6) is 5.75 Å². The Hall–Kier alpha value is -1.90. The summed E-state index contributed by atoms with van der Waals surface area (Å²) in [5, 5.41) is 0. The summed E-state index contributed by atoms with van der Waals surface area (Å²) in [6.45, 7) is 0. The van der Waals surface area contributed by atoms with E-state index in [0.29, 0.717) is 5.69 Å². The van der Waals surface area contributed by atoms with Crippen LogP contribution in [0.15, 0.2) is 41.2 Å². The van der Waals surface area contributed by atoms with Crippen LogP contribution in [0.4, 0.5) is 5.69 Å². The van der Waals surface area contributed by atoms with Crippen molar-refractivity contribution in [3.8, 4) is 16.9 Å². The van der Waals surface area contributed by atoms with Gasteiger partial charge in [0.2, 0.25) is 0 Å². The number of nitrogen functional groups attached to an aromatic ring is 1. The number of hydrogen-bond donors (Lipinski definition) is 1. The van der Waals surface area contributed by atoms with Crippen molar-refractivity contribution in [2.45, 2.75) is 0 Å². The van der Waals surface area contributed by atoms with Crippen molar-refractivity contribution in [1.29, 1.82) is 0 Å². The molecule has 2 N–H and O–H groups in total. The van der Waals surface area contributed by atoms with Crippen LogP contribution in [-0.4, -0.2) is 7.11 Å². The molecule has 0 atom stereocenters. The van der Waals surface area contributed by atoms with Gasteiger partial charge in [-0.15, -0.1) is 0 Å². The number of hydrogen-bond acceptors (Lipinski definition) is 3. The molecule has 1 aromatic heterocycles. The van der Waals surface area contributed by atoms with E-state index in [1.807, 2.05) is 18.2 Å². The third-order valence-corrected chi connectivity index (χ3v) is 2.02. The summed E-state index contributed by atoms with van der Waals surface area (Å²) in [6.07, 6.45) is 3.30. The topological polar surface area (TPSA) is 48.4 Å². The Labute approximate surface area is 82.1 Å². The molecule has 0 aliphatic rings. The van der Waals surface area contributed by atoms with Crippen molar-refractivity contribution in [3.63, 3.8) is 0 Å². The van der Waals surface area contributed by atoms with E-state index in [1.54, 1.807) is 25.7 Å². The Morgan fingerprint density at radius 2 is 2.07 bits per heavy atom. The maximum absolute atomic E-state index is 5.73. The average Bonchev–Trinajstić information content (AvgIpc) is 2.69. The van der Waals surface area contributed by atoms with Crippen molar-refractivity contribution in [1.82, 2.24) is 0 Å². The third-order valence-electron chi connectivity index (χ3n) is 2.02. The van der Waals surface area contributed by atoms with Crippen LogP contribution in [0.2, 0.25) is 0 Å². The Balaban J connectivity index is 2.48. The maximum atomic E-state index is 5.73. The fourth-order valence-electron chi connectivity index (χ4n) is 1.34. The molecular weight excluding hydrogens is 178 g/mol. The Bertz CT molecular complexity index is 421. The zero-order chi connectivity index (χ0) is 9.97. The van der Waals surface area contributed by atoms with Crippen molar-refractivity contribution in [3.05, 3.63) is 36.8 Å². The molecule has 2 aromatic rings. The smallest absolute Gasteiger partial charge is 0.121 e. The number of anilines is 1. The minimum atomic E-state index is 0.681. The van der Waals surface area contributed by atoms with Crippen LogP contribution in [0.25, 0.3) is 11.1 Å². The summed E-state index contributed by atoms with van der Waals surface area (Å²) < 4.78 is 10.1. The average molecular weight is 189 g/mol. The van der Waals surface area contributed by atoms with Gasteiger partial charge in [0.05, 0.1) is 19.6 Å². The van der Waals surface area contributed by atoms with E-state index in [4.69, 9.17) is 14.9 Å². The number of furan rings is 1. The molecule has 0 spiro atoms. The Morgan fingerprint density at radius 1 is 1.21 bits per heavy atom. The highest BCUT2D eigenvalue weighted by atomic mass is 16.5. The number of nitrogens with two attached hydrogens (primary N) is 1. The molecule has 0 bridgehead atoms. The van der Waals surface area contributed by atoms with Gasteiger partial charge >= 0.3 is 0 Å². The van der Waals surface area contributed by atoms with Gasteiger partial charge in [0, 0.05) is 17.3 Å². The molecule has 72 valence electrons. The van der Waals surface area contributed by atoms with Gasteiger partial charge in [-0.3, -0.25) is 0 Å². The molecule has 0 saturated carbocycles. The fourth-order valence-corrected chi connectivity index (χ4v) is 1.34. The maximum Gasteiger partial charge on any atom is 0.121 e. The lowest BCUT2D eigenvalue weighted by Gasteiger charge is -2.04. The van der Waals surface area contributed by atoms with Crippen molar-refractivity contribution in [2.24, 2.45) is 0 Å². The van der Waals surface area contributed by atoms with Gasteiger partial charge < -0.3 is 14.9 Å². The molecule has 0 saturated heterocycles. The normalized spacial score (nSPS) is 10.1. The van der Waals surface area contributed by atoms with Gasteiger partial charge in [-0.25, -0.2) is 0 Å². The van der Waals surface area contributed by atoms with Crippen LogP contribution < -0.4 is 10.5 Å². The lowest BCUT2D eigenvalue weighted by molar-refractivity contribution is 0.415. The quantitative estimate of drug-likeness (QED) is 0.738. The molecule has 14 heavy (non-hydrogen) atoms. The van der Waals surface area contributed by atoms with E-state index in [1.165, 1.54) is 0 Å². The van der Waals surface area contributed by atoms with Gasteiger partial charge in [-0.05, 0) is 23.8 Å². The van der Waals surface area contributed by atoms with Crippen molar-refractivity contribution in [2.75, 3.05) is 12.8 Å². The zero-order valence-electron chi connectivity index (χ0n) is 7.86. The molecule has 0 aliphatic heterocycles. The van der Waals surface area contributed by atoms with E-state index in [0.717, 1.165) is 16.9 Å². The molecular formula is C11H11NO2. The van der Waals surface area contributed by atoms with Gasteiger partial charge in [0.25, 0.3) is 0 Å².